The molecular formula is C17H18N4O. The fourth-order valence-electron chi connectivity index (χ4n) is 2.39. The van der Waals surface area contributed by atoms with E-state index in [1.54, 1.807) is 23.3 Å². The normalized spacial score (nSPS) is 12.0. The van der Waals surface area contributed by atoms with Gasteiger partial charge in [-0.25, -0.2) is 0 Å². The number of nitrogens with zero attached hydrogens (tertiary/aromatic N) is 3. The highest BCUT2D eigenvalue weighted by atomic mass is 16.3. The molecule has 0 aliphatic carbocycles. The van der Waals surface area contributed by atoms with Crippen molar-refractivity contribution in [1.82, 2.24) is 14.8 Å². The third kappa shape index (κ3) is 3.32. The summed E-state index contributed by atoms with van der Waals surface area (Å²) < 4.78 is 1.72. The highest BCUT2D eigenvalue weighted by molar-refractivity contribution is 5.46. The molecular weight excluding hydrogens is 276 g/mol. The van der Waals surface area contributed by atoms with Crippen molar-refractivity contribution in [3.8, 4) is 0 Å². The summed E-state index contributed by atoms with van der Waals surface area (Å²) in [7, 11) is 0. The molecule has 1 unspecified atom stereocenters. The first-order chi connectivity index (χ1) is 10.9. The number of hydrogen-bond donors (Lipinski definition) is 2. The van der Waals surface area contributed by atoms with Crippen molar-refractivity contribution in [3.05, 3.63) is 78.4 Å². The van der Waals surface area contributed by atoms with Crippen LogP contribution < -0.4 is 5.32 Å². The van der Waals surface area contributed by atoms with E-state index >= 15 is 0 Å². The summed E-state index contributed by atoms with van der Waals surface area (Å²) in [6.07, 6.45) is 7.25. The monoisotopic (exact) mass is 294 g/mol. The van der Waals surface area contributed by atoms with Crippen LogP contribution in [0.3, 0.4) is 0 Å². The number of nitrogens with one attached hydrogen (secondary N) is 1. The van der Waals surface area contributed by atoms with Gasteiger partial charge in [-0.2, -0.15) is 5.10 Å². The number of benzene rings is 1. The van der Waals surface area contributed by atoms with Crippen LogP contribution in [0.4, 0.5) is 5.69 Å². The predicted octanol–water partition coefficient (Wildman–Crippen LogP) is 2.47. The van der Waals surface area contributed by atoms with Gasteiger partial charge >= 0.3 is 0 Å². The predicted molar refractivity (Wildman–Crippen MR) is 85.5 cm³/mol. The topological polar surface area (TPSA) is 63.0 Å². The van der Waals surface area contributed by atoms with Crippen LogP contribution in [-0.2, 0) is 6.54 Å². The molecule has 0 saturated heterocycles. The highest BCUT2D eigenvalue weighted by Crippen LogP contribution is 2.25. The standard InChI is InChI=1S/C17H18N4O/c22-11-10-21-13-16(12-19-21)20-17(14-4-2-1-3-5-14)15-6-8-18-9-7-15/h1-9,12-13,17,20,22H,10-11H2. The lowest BCUT2D eigenvalue weighted by Gasteiger charge is -2.19. The molecule has 1 atom stereocenters. The van der Waals surface area contributed by atoms with Gasteiger partial charge in [0.05, 0.1) is 31.1 Å². The van der Waals surface area contributed by atoms with Crippen molar-refractivity contribution in [2.45, 2.75) is 12.6 Å². The van der Waals surface area contributed by atoms with Gasteiger partial charge in [0, 0.05) is 18.6 Å². The van der Waals surface area contributed by atoms with E-state index in [9.17, 15) is 0 Å². The van der Waals surface area contributed by atoms with Gasteiger partial charge in [-0.15, -0.1) is 0 Å². The molecule has 1 aromatic carbocycles. The molecule has 0 saturated carbocycles. The Morgan fingerprint density at radius 2 is 1.77 bits per heavy atom. The van der Waals surface area contributed by atoms with Crippen LogP contribution in [0.5, 0.6) is 0 Å². The Kier molecular flexibility index (Phi) is 4.46. The number of aliphatic hydroxyl groups excluding tert-OH is 1. The first-order valence-electron chi connectivity index (χ1n) is 7.21. The average Bonchev–Trinajstić information content (AvgIpc) is 3.02. The number of aliphatic hydroxyl groups is 1. The lowest BCUT2D eigenvalue weighted by atomic mass is 9.99. The fraction of sp³-hybridized carbons (Fsp3) is 0.176. The molecule has 0 radical (unpaired) electrons. The number of anilines is 1. The van der Waals surface area contributed by atoms with E-state index in [0.717, 1.165) is 11.3 Å². The lowest BCUT2D eigenvalue weighted by molar-refractivity contribution is 0.269. The Bertz CT molecular complexity index is 657. The molecule has 0 amide bonds. The second-order valence-electron chi connectivity index (χ2n) is 4.98. The van der Waals surface area contributed by atoms with E-state index < -0.39 is 0 Å². The molecule has 5 heteroatoms. The molecule has 0 aliphatic heterocycles. The molecule has 112 valence electrons. The second kappa shape index (κ2) is 6.87. The maximum atomic E-state index is 8.98. The molecule has 0 spiro atoms. The quantitative estimate of drug-likeness (QED) is 0.733. The van der Waals surface area contributed by atoms with Gasteiger partial charge in [-0.05, 0) is 23.3 Å². The Balaban J connectivity index is 1.88. The summed E-state index contributed by atoms with van der Waals surface area (Å²) in [6, 6.07) is 14.3. The Morgan fingerprint density at radius 3 is 2.50 bits per heavy atom. The van der Waals surface area contributed by atoms with Crippen LogP contribution >= 0.6 is 0 Å². The van der Waals surface area contributed by atoms with Crippen molar-refractivity contribution in [1.29, 1.82) is 0 Å². The SMILES string of the molecule is OCCn1cc(NC(c2ccccc2)c2ccncc2)cn1. The third-order valence-electron chi connectivity index (χ3n) is 3.45. The van der Waals surface area contributed by atoms with Crippen molar-refractivity contribution in [2.24, 2.45) is 0 Å². The van der Waals surface area contributed by atoms with Crippen LogP contribution in [0.2, 0.25) is 0 Å². The molecule has 0 bridgehead atoms. The van der Waals surface area contributed by atoms with Crippen LogP contribution in [0.1, 0.15) is 17.2 Å². The Morgan fingerprint density at radius 1 is 1.05 bits per heavy atom. The van der Waals surface area contributed by atoms with Gasteiger partial charge in [0.25, 0.3) is 0 Å². The second-order valence-corrected chi connectivity index (χ2v) is 4.98. The van der Waals surface area contributed by atoms with Gasteiger partial charge in [0.1, 0.15) is 0 Å². The number of hydrogen-bond acceptors (Lipinski definition) is 4. The maximum Gasteiger partial charge on any atom is 0.0769 e. The smallest absolute Gasteiger partial charge is 0.0769 e. The highest BCUT2D eigenvalue weighted by Gasteiger charge is 2.14. The molecule has 22 heavy (non-hydrogen) atoms. The minimum atomic E-state index is 0.0241. The maximum absolute atomic E-state index is 8.98. The third-order valence-corrected chi connectivity index (χ3v) is 3.45. The van der Waals surface area contributed by atoms with Crippen LogP contribution in [0.15, 0.2) is 67.3 Å². The van der Waals surface area contributed by atoms with Crippen molar-refractivity contribution in [3.63, 3.8) is 0 Å². The summed E-state index contributed by atoms with van der Waals surface area (Å²) in [6.45, 7) is 0.570. The van der Waals surface area contributed by atoms with E-state index in [0.29, 0.717) is 6.54 Å². The Hall–Kier alpha value is -2.66. The van der Waals surface area contributed by atoms with Crippen LogP contribution in [0, 0.1) is 0 Å². The minimum absolute atomic E-state index is 0.0241. The van der Waals surface area contributed by atoms with Crippen molar-refractivity contribution in [2.75, 3.05) is 11.9 Å². The molecule has 3 aromatic rings. The number of aromatic nitrogens is 3. The van der Waals surface area contributed by atoms with E-state index in [4.69, 9.17) is 5.11 Å². The van der Waals surface area contributed by atoms with Gasteiger partial charge in [0.15, 0.2) is 0 Å². The minimum Gasteiger partial charge on any atom is -0.394 e. The molecule has 0 fully saturated rings. The summed E-state index contributed by atoms with van der Waals surface area (Å²) in [5, 5.41) is 16.7. The summed E-state index contributed by atoms with van der Waals surface area (Å²) in [4.78, 5) is 4.08. The van der Waals surface area contributed by atoms with Gasteiger partial charge in [0.2, 0.25) is 0 Å². The fourth-order valence-corrected chi connectivity index (χ4v) is 2.39. The zero-order chi connectivity index (χ0) is 15.2. The van der Waals surface area contributed by atoms with E-state index in [1.807, 2.05) is 36.5 Å². The van der Waals surface area contributed by atoms with Gasteiger partial charge in [-0.3, -0.25) is 9.67 Å². The number of rotatable bonds is 6. The zero-order valence-electron chi connectivity index (χ0n) is 12.1. The summed E-state index contributed by atoms with van der Waals surface area (Å²) in [5.74, 6) is 0. The van der Waals surface area contributed by atoms with E-state index in [1.165, 1.54) is 5.56 Å². The van der Waals surface area contributed by atoms with Crippen LogP contribution in [-0.4, -0.2) is 26.5 Å². The van der Waals surface area contributed by atoms with Crippen LogP contribution in [0.25, 0.3) is 0 Å². The first-order valence-corrected chi connectivity index (χ1v) is 7.21. The van der Waals surface area contributed by atoms with E-state index in [2.05, 4.69) is 27.5 Å². The lowest BCUT2D eigenvalue weighted by Crippen LogP contribution is -2.12. The van der Waals surface area contributed by atoms with Crippen molar-refractivity contribution >= 4 is 5.69 Å². The Labute approximate surface area is 129 Å². The van der Waals surface area contributed by atoms with E-state index in [-0.39, 0.29) is 12.6 Å². The number of pyridine rings is 1. The largest absolute Gasteiger partial charge is 0.394 e. The summed E-state index contributed by atoms with van der Waals surface area (Å²) >= 11 is 0. The molecule has 2 heterocycles. The molecule has 2 aromatic heterocycles. The zero-order valence-corrected chi connectivity index (χ0v) is 12.1. The summed E-state index contributed by atoms with van der Waals surface area (Å²) in [5.41, 5.74) is 3.22. The van der Waals surface area contributed by atoms with Gasteiger partial charge < -0.3 is 10.4 Å². The average molecular weight is 294 g/mol. The molecule has 3 rings (SSSR count). The molecule has 0 aliphatic rings. The van der Waals surface area contributed by atoms with Crippen molar-refractivity contribution < 1.29 is 5.11 Å². The van der Waals surface area contributed by atoms with Gasteiger partial charge in [-0.1, -0.05) is 30.3 Å². The molecule has 5 nitrogen and oxygen atoms in total. The molecule has 2 N–H and O–H groups in total. The first kappa shape index (κ1) is 14.3.